The van der Waals surface area contributed by atoms with Gasteiger partial charge >= 0.3 is 188 Å². The Morgan fingerprint density at radius 1 is 0.923 bits per heavy atom. The summed E-state index contributed by atoms with van der Waals surface area (Å²) in [7, 11) is 0.503. The summed E-state index contributed by atoms with van der Waals surface area (Å²) in [4.78, 5) is 46.8. The van der Waals surface area contributed by atoms with E-state index in [-0.39, 0.29) is 18.7 Å². The predicted molar refractivity (Wildman–Crippen MR) is 148 cm³/mol. The molecule has 0 radical (unpaired) electrons. The SMILES string of the molecule is CC(C)(C)NC(=O)C(Cc1ccc(OC(=O)c2ccccc2)cc1)NC(=O)C(Cc1ccncc1)N=CB=O. The molecular weight excluding hydrogens is 495 g/mol. The number of carbonyl (C=O) groups excluding carboxylic acids is 3. The zero-order valence-corrected chi connectivity index (χ0v) is 22.2. The second kappa shape index (κ2) is 13.9. The standard InChI is InChI=1S/C29H31BN4O5/c1-29(2,3)34-27(36)25(33-26(35)24(32-19-30-38)17-21-13-15-31-16-14-21)18-20-9-11-23(12-10-20)39-28(37)22-7-5-4-6-8-22/h4-16,19,24-25H,17-18H2,1-3H3,(H,33,35)(H,34,36). The number of nitrogens with one attached hydrogen (secondary N) is 2. The number of aromatic nitrogens is 1. The van der Waals surface area contributed by atoms with Gasteiger partial charge in [-0.1, -0.05) is 18.2 Å². The molecule has 0 saturated carbocycles. The van der Waals surface area contributed by atoms with E-state index >= 15 is 0 Å². The average molecular weight is 526 g/mol. The monoisotopic (exact) mass is 526 g/mol. The number of hydrogen-bond acceptors (Lipinski definition) is 7. The number of hydrogen-bond donors (Lipinski definition) is 2. The Hall–Kier alpha value is -4.47. The molecule has 9 nitrogen and oxygen atoms in total. The number of nitrogens with zero attached hydrogens (tertiary/aromatic N) is 2. The summed E-state index contributed by atoms with van der Waals surface area (Å²) in [5.74, 6) is -0.980. The van der Waals surface area contributed by atoms with Gasteiger partial charge in [0.1, 0.15) is 0 Å². The molecule has 2 unspecified atom stereocenters. The molecule has 3 rings (SSSR count). The number of benzene rings is 2. The van der Waals surface area contributed by atoms with Gasteiger partial charge in [0.2, 0.25) is 0 Å². The number of amides is 2. The Morgan fingerprint density at radius 2 is 1.56 bits per heavy atom. The number of ether oxygens (including phenoxy) is 1. The summed E-state index contributed by atoms with van der Waals surface area (Å²) in [6.07, 6.45) is 4.65. The van der Waals surface area contributed by atoms with E-state index in [2.05, 4.69) is 20.6 Å². The van der Waals surface area contributed by atoms with Gasteiger partial charge in [0, 0.05) is 0 Å². The van der Waals surface area contributed by atoms with Crippen molar-refractivity contribution in [3.63, 3.8) is 0 Å². The van der Waals surface area contributed by atoms with Crippen LogP contribution < -0.4 is 15.4 Å². The third kappa shape index (κ3) is 9.73. The Kier molecular flexibility index (Phi) is 10.4. The van der Waals surface area contributed by atoms with Crippen LogP contribution in [0.4, 0.5) is 0 Å². The van der Waals surface area contributed by atoms with Crippen LogP contribution >= 0.6 is 0 Å². The van der Waals surface area contributed by atoms with Crippen LogP contribution in [0.5, 0.6) is 5.75 Å². The molecule has 0 aliphatic heterocycles. The summed E-state index contributed by atoms with van der Waals surface area (Å²) in [6.45, 7) is 5.54. The second-order valence-corrected chi connectivity index (χ2v) is 9.91. The van der Waals surface area contributed by atoms with Gasteiger partial charge in [-0.15, -0.1) is 0 Å². The van der Waals surface area contributed by atoms with E-state index in [4.69, 9.17) is 4.74 Å². The molecule has 0 spiro atoms. The molecule has 2 N–H and O–H groups in total. The normalized spacial score (nSPS) is 12.7. The molecule has 0 bridgehead atoms. The third-order valence-corrected chi connectivity index (χ3v) is 5.52. The number of rotatable bonds is 11. The average Bonchev–Trinajstić information content (AvgIpc) is 2.91. The van der Waals surface area contributed by atoms with Gasteiger partial charge in [0.05, 0.1) is 5.56 Å². The van der Waals surface area contributed by atoms with Gasteiger partial charge in [-0.05, 0) is 12.1 Å². The molecule has 0 saturated heterocycles. The number of pyridine rings is 1. The fourth-order valence-corrected chi connectivity index (χ4v) is 3.70. The Morgan fingerprint density at radius 3 is 2.18 bits per heavy atom. The maximum atomic E-state index is 13.2. The van der Waals surface area contributed by atoms with Crippen LogP contribution in [-0.2, 0) is 27.1 Å². The Bertz CT molecular complexity index is 1290. The van der Waals surface area contributed by atoms with Crippen molar-refractivity contribution < 1.29 is 23.8 Å². The fraction of sp³-hybridized carbons (Fsp3) is 0.276. The molecule has 2 aromatic carbocycles. The first-order chi connectivity index (χ1) is 18.6. The first-order valence-electron chi connectivity index (χ1n) is 12.5. The van der Waals surface area contributed by atoms with Gasteiger partial charge in [0.15, 0.2) is 0 Å². The first kappa shape index (κ1) is 29.1. The summed E-state index contributed by atoms with van der Waals surface area (Å²) in [6, 6.07) is 17.1. The molecule has 0 aliphatic carbocycles. The summed E-state index contributed by atoms with van der Waals surface area (Å²) in [5.41, 5.74) is 1.46. The quantitative estimate of drug-likeness (QED) is 0.171. The van der Waals surface area contributed by atoms with E-state index in [1.807, 2.05) is 26.8 Å². The zero-order valence-electron chi connectivity index (χ0n) is 22.2. The van der Waals surface area contributed by atoms with Crippen LogP contribution in [0, 0.1) is 0 Å². The second-order valence-electron chi connectivity index (χ2n) is 9.91. The molecule has 3 aromatic rings. The van der Waals surface area contributed by atoms with Crippen molar-refractivity contribution in [3.05, 3.63) is 95.8 Å². The van der Waals surface area contributed by atoms with Crippen LogP contribution in [0.2, 0.25) is 0 Å². The minimum atomic E-state index is -0.916. The summed E-state index contributed by atoms with van der Waals surface area (Å²) >= 11 is 0. The van der Waals surface area contributed by atoms with E-state index < -0.39 is 29.5 Å². The molecule has 39 heavy (non-hydrogen) atoms. The predicted octanol–water partition coefficient (Wildman–Crippen LogP) is 2.93. The molecule has 10 heteroatoms. The Labute approximate surface area is 228 Å². The Balaban J connectivity index is 1.75. The molecule has 200 valence electrons. The zero-order chi connectivity index (χ0) is 28.3. The van der Waals surface area contributed by atoms with Crippen LogP contribution in [-0.4, -0.2) is 53.7 Å². The van der Waals surface area contributed by atoms with E-state index in [1.165, 1.54) is 0 Å². The van der Waals surface area contributed by atoms with Gasteiger partial charge in [-0.3, -0.25) is 0 Å². The van der Waals surface area contributed by atoms with E-state index in [9.17, 15) is 19.1 Å². The van der Waals surface area contributed by atoms with Gasteiger partial charge < -0.3 is 0 Å². The summed E-state index contributed by atoms with van der Waals surface area (Å²) in [5, 5.41) is 5.71. The molecule has 2 amide bonds. The van der Waals surface area contributed by atoms with Crippen LogP contribution in [0.3, 0.4) is 0 Å². The molecule has 1 heterocycles. The van der Waals surface area contributed by atoms with Crippen molar-refractivity contribution in [3.8, 4) is 5.75 Å². The molecular formula is C29H31BN4O5. The minimum absolute atomic E-state index is 0.180. The fourth-order valence-electron chi connectivity index (χ4n) is 3.70. The van der Waals surface area contributed by atoms with Crippen molar-refractivity contribution in [2.24, 2.45) is 4.99 Å². The van der Waals surface area contributed by atoms with E-state index in [0.29, 0.717) is 18.5 Å². The maximum absolute atomic E-state index is 13.2. The van der Waals surface area contributed by atoms with Crippen molar-refractivity contribution in [1.82, 2.24) is 15.6 Å². The molecule has 0 aliphatic rings. The molecule has 0 fully saturated rings. The molecule has 1 aromatic heterocycles. The number of carbonyl (C=O) groups is 3. The number of aliphatic imine (C=N–C) groups is 1. The van der Waals surface area contributed by atoms with Crippen LogP contribution in [0.15, 0.2) is 84.1 Å². The summed E-state index contributed by atoms with van der Waals surface area (Å²) < 4.78 is 16.3. The third-order valence-electron chi connectivity index (χ3n) is 5.52. The van der Waals surface area contributed by atoms with Crippen LogP contribution in [0.25, 0.3) is 0 Å². The van der Waals surface area contributed by atoms with E-state index in [1.54, 1.807) is 73.1 Å². The number of esters is 1. The van der Waals surface area contributed by atoms with Crippen molar-refractivity contribution >= 4 is 31.0 Å². The van der Waals surface area contributed by atoms with Crippen molar-refractivity contribution in [1.29, 1.82) is 0 Å². The topological polar surface area (TPSA) is 127 Å². The van der Waals surface area contributed by atoms with Gasteiger partial charge in [-0.2, -0.15) is 0 Å². The van der Waals surface area contributed by atoms with Crippen LogP contribution in [0.1, 0.15) is 42.3 Å². The van der Waals surface area contributed by atoms with Crippen molar-refractivity contribution in [2.45, 2.75) is 51.2 Å². The van der Waals surface area contributed by atoms with Crippen molar-refractivity contribution in [2.75, 3.05) is 0 Å². The van der Waals surface area contributed by atoms with Gasteiger partial charge in [0.25, 0.3) is 0 Å². The molecule has 2 atom stereocenters. The van der Waals surface area contributed by atoms with Gasteiger partial charge in [-0.25, -0.2) is 4.79 Å². The van der Waals surface area contributed by atoms with E-state index in [0.717, 1.165) is 17.2 Å². The first-order valence-corrected chi connectivity index (χ1v) is 12.5.